The Hall–Kier alpha value is -1.83. The van der Waals surface area contributed by atoms with Gasteiger partial charge in [-0.1, -0.05) is 11.8 Å². The highest BCUT2D eigenvalue weighted by molar-refractivity contribution is 8.13. The lowest BCUT2D eigenvalue weighted by Crippen LogP contribution is -2.47. The van der Waals surface area contributed by atoms with Gasteiger partial charge in [0.2, 0.25) is 0 Å². The number of ether oxygens (including phenoxy) is 1. The summed E-state index contributed by atoms with van der Waals surface area (Å²) in [5, 5.41) is 3.01. The van der Waals surface area contributed by atoms with E-state index in [2.05, 4.69) is 5.32 Å². The molecule has 1 amide bonds. The molecular weight excluding hydrogens is 372 g/mol. The normalized spacial score (nSPS) is 28.1. The van der Waals surface area contributed by atoms with Crippen LogP contribution in [-0.2, 0) is 10.3 Å². The van der Waals surface area contributed by atoms with E-state index >= 15 is 0 Å². The second-order valence-corrected chi connectivity index (χ2v) is 9.10. The number of hydrogen-bond donors (Lipinski definition) is 2. The molecule has 27 heavy (non-hydrogen) atoms. The molecule has 1 aromatic carbocycles. The fourth-order valence-corrected chi connectivity index (χ4v) is 4.85. The van der Waals surface area contributed by atoms with Crippen LogP contribution in [-0.4, -0.2) is 28.8 Å². The lowest BCUT2D eigenvalue weighted by atomic mass is 9.69. The summed E-state index contributed by atoms with van der Waals surface area (Å²) >= 11 is 1.33. The Morgan fingerprint density at radius 1 is 1.44 bits per heavy atom. The van der Waals surface area contributed by atoms with Crippen molar-refractivity contribution in [1.29, 1.82) is 0 Å². The Balaban J connectivity index is 1.97. The molecule has 5 nitrogen and oxygen atoms in total. The van der Waals surface area contributed by atoms with Gasteiger partial charge >= 0.3 is 6.09 Å². The highest BCUT2D eigenvalue weighted by atomic mass is 32.2. The van der Waals surface area contributed by atoms with Crippen molar-refractivity contribution < 1.29 is 18.3 Å². The number of carbonyl (C=O) groups is 1. The number of rotatable bonds is 1. The van der Waals surface area contributed by atoms with Crippen molar-refractivity contribution in [2.75, 3.05) is 11.5 Å². The molecule has 1 unspecified atom stereocenters. The number of alkyl carbamates (subject to hydrolysis) is 1. The van der Waals surface area contributed by atoms with Gasteiger partial charge in [0.1, 0.15) is 17.6 Å². The van der Waals surface area contributed by atoms with Gasteiger partial charge in [0.05, 0.1) is 5.54 Å². The molecular formula is C19H25F2N3O2S. The number of anilines is 1. The summed E-state index contributed by atoms with van der Waals surface area (Å²) in [7, 11) is 0. The van der Waals surface area contributed by atoms with Crippen LogP contribution in [0.15, 0.2) is 23.2 Å². The van der Waals surface area contributed by atoms with Gasteiger partial charge in [0, 0.05) is 22.9 Å². The van der Waals surface area contributed by atoms with Crippen molar-refractivity contribution in [3.63, 3.8) is 0 Å². The zero-order chi connectivity index (χ0) is 19.8. The number of fused-ring (bicyclic) bond motifs is 1. The summed E-state index contributed by atoms with van der Waals surface area (Å²) in [6.45, 7) is 5.31. The first-order valence-corrected chi connectivity index (χ1v) is 10.00. The molecule has 1 aliphatic carbocycles. The maximum atomic E-state index is 14.7. The van der Waals surface area contributed by atoms with Gasteiger partial charge in [-0.25, -0.2) is 13.6 Å². The van der Waals surface area contributed by atoms with Crippen LogP contribution in [0, 0.1) is 11.7 Å². The number of hydrogen-bond acceptors (Lipinski definition) is 5. The SMILES string of the molecule is CC(C)(C)OC(=O)NC1=N[C@@]2(c3cc(N)ccc3F)CC[C@H](F)CC2CS1. The fraction of sp³-hybridized carbons (Fsp3) is 0.579. The molecule has 3 N–H and O–H groups in total. The van der Waals surface area contributed by atoms with Crippen molar-refractivity contribution in [3.05, 3.63) is 29.6 Å². The average molecular weight is 397 g/mol. The number of alkyl halides is 1. The van der Waals surface area contributed by atoms with Crippen LogP contribution in [0.1, 0.15) is 45.6 Å². The van der Waals surface area contributed by atoms with Crippen LogP contribution in [0.5, 0.6) is 0 Å². The topological polar surface area (TPSA) is 76.7 Å². The maximum Gasteiger partial charge on any atom is 0.413 e. The van der Waals surface area contributed by atoms with Crippen molar-refractivity contribution >= 4 is 28.7 Å². The third kappa shape index (κ3) is 4.36. The van der Waals surface area contributed by atoms with Gasteiger partial charge in [-0.3, -0.25) is 10.3 Å². The third-order valence-corrected chi connectivity index (χ3v) is 5.88. The van der Waals surface area contributed by atoms with Gasteiger partial charge in [-0.15, -0.1) is 0 Å². The monoisotopic (exact) mass is 397 g/mol. The van der Waals surface area contributed by atoms with Crippen molar-refractivity contribution in [2.45, 2.75) is 57.3 Å². The van der Waals surface area contributed by atoms with E-state index in [9.17, 15) is 13.6 Å². The maximum absolute atomic E-state index is 14.7. The lowest BCUT2D eigenvalue weighted by Gasteiger charge is -2.45. The van der Waals surface area contributed by atoms with Crippen molar-refractivity contribution in [3.8, 4) is 0 Å². The zero-order valence-electron chi connectivity index (χ0n) is 15.7. The van der Waals surface area contributed by atoms with E-state index in [0.717, 1.165) is 0 Å². The minimum absolute atomic E-state index is 0.174. The van der Waals surface area contributed by atoms with Gasteiger partial charge in [-0.05, 0) is 58.2 Å². The van der Waals surface area contributed by atoms with Gasteiger partial charge in [0.25, 0.3) is 0 Å². The Bertz CT molecular complexity index is 766. The number of thioether (sulfide) groups is 1. The summed E-state index contributed by atoms with van der Waals surface area (Å²) < 4.78 is 34.0. The summed E-state index contributed by atoms with van der Waals surface area (Å²) in [6, 6.07) is 4.38. The first kappa shape index (κ1) is 19.9. The molecule has 0 saturated heterocycles. The van der Waals surface area contributed by atoms with Gasteiger partial charge in [-0.2, -0.15) is 0 Å². The molecule has 1 aliphatic heterocycles. The standard InChI is InChI=1S/C19H25F2N3O2S/c1-18(2,3)26-17(25)23-16-24-19(14-9-13(22)4-5-15(14)21)7-6-12(20)8-11(19)10-27-16/h4-5,9,11-12H,6-8,10,22H2,1-3H3,(H,23,24,25)/t11?,12-,19-/m0/s1. The number of amides is 1. The fourth-order valence-electron chi connectivity index (χ4n) is 3.69. The average Bonchev–Trinajstić information content (AvgIpc) is 2.55. The largest absolute Gasteiger partial charge is 0.444 e. The number of nitrogens with one attached hydrogen (secondary N) is 1. The molecule has 1 aromatic rings. The third-order valence-electron chi connectivity index (χ3n) is 4.84. The number of nitrogens with two attached hydrogens (primary N) is 1. The first-order valence-electron chi connectivity index (χ1n) is 9.01. The number of aliphatic imine (C=N–C) groups is 1. The summed E-state index contributed by atoms with van der Waals surface area (Å²) in [4.78, 5) is 16.8. The first-order chi connectivity index (χ1) is 12.6. The van der Waals surface area contributed by atoms with Crippen LogP contribution in [0.3, 0.4) is 0 Å². The Labute approximate surface area is 162 Å². The Morgan fingerprint density at radius 3 is 2.89 bits per heavy atom. The molecule has 1 heterocycles. The van der Waals surface area contributed by atoms with Crippen molar-refractivity contribution in [2.24, 2.45) is 10.9 Å². The summed E-state index contributed by atoms with van der Waals surface area (Å²) in [5.41, 5.74) is 5.10. The van der Waals surface area contributed by atoms with Crippen LogP contribution in [0.2, 0.25) is 0 Å². The Kier molecular flexibility index (Phi) is 5.38. The van der Waals surface area contributed by atoms with Crippen LogP contribution in [0.4, 0.5) is 19.3 Å². The molecule has 0 spiro atoms. The van der Waals surface area contributed by atoms with Gasteiger partial charge < -0.3 is 10.5 Å². The van der Waals surface area contributed by atoms with Gasteiger partial charge in [0.15, 0.2) is 5.17 Å². The number of halogens is 2. The summed E-state index contributed by atoms with van der Waals surface area (Å²) in [5.74, 6) is -0.0611. The summed E-state index contributed by atoms with van der Waals surface area (Å²) in [6.07, 6.45) is -0.583. The number of nitrogen functional groups attached to an aromatic ring is 1. The van der Waals surface area contributed by atoms with Crippen molar-refractivity contribution in [1.82, 2.24) is 5.32 Å². The predicted molar refractivity (Wildman–Crippen MR) is 104 cm³/mol. The molecule has 3 atom stereocenters. The van der Waals surface area contributed by atoms with E-state index in [1.165, 1.54) is 23.9 Å². The minimum Gasteiger partial charge on any atom is -0.444 e. The van der Waals surface area contributed by atoms with E-state index < -0.39 is 29.2 Å². The zero-order valence-corrected chi connectivity index (χ0v) is 16.5. The molecule has 0 bridgehead atoms. The predicted octanol–water partition coefficient (Wildman–Crippen LogP) is 4.37. The lowest BCUT2D eigenvalue weighted by molar-refractivity contribution is 0.0562. The highest BCUT2D eigenvalue weighted by Crippen LogP contribution is 2.50. The molecule has 0 aromatic heterocycles. The van der Waals surface area contributed by atoms with Crippen LogP contribution >= 0.6 is 11.8 Å². The molecule has 3 rings (SSSR count). The second kappa shape index (κ2) is 7.30. The quantitative estimate of drug-likeness (QED) is 0.690. The van der Waals surface area contributed by atoms with E-state index in [1.807, 2.05) is 0 Å². The second-order valence-electron chi connectivity index (χ2n) is 8.09. The van der Waals surface area contributed by atoms with Crippen LogP contribution < -0.4 is 11.1 Å². The number of benzene rings is 1. The minimum atomic E-state index is -0.933. The van der Waals surface area contributed by atoms with E-state index in [0.29, 0.717) is 41.4 Å². The number of nitrogens with zero attached hydrogens (tertiary/aromatic N) is 1. The smallest absolute Gasteiger partial charge is 0.413 e. The van der Waals surface area contributed by atoms with E-state index in [-0.39, 0.29) is 5.92 Å². The molecule has 1 fully saturated rings. The number of carbonyl (C=O) groups excluding carboxylic acids is 1. The molecule has 8 heteroatoms. The Morgan fingerprint density at radius 2 is 2.19 bits per heavy atom. The molecule has 1 saturated carbocycles. The molecule has 148 valence electrons. The molecule has 0 radical (unpaired) electrons. The number of amidine groups is 1. The van der Waals surface area contributed by atoms with E-state index in [4.69, 9.17) is 15.5 Å². The van der Waals surface area contributed by atoms with E-state index in [1.54, 1.807) is 26.8 Å². The van der Waals surface area contributed by atoms with Crippen LogP contribution in [0.25, 0.3) is 0 Å². The molecule has 2 aliphatic rings. The highest BCUT2D eigenvalue weighted by Gasteiger charge is 2.49.